The number of carbonyl (C=O) groups is 1. The van der Waals surface area contributed by atoms with Gasteiger partial charge in [-0.15, -0.1) is 10.2 Å². The average Bonchev–Trinajstić information content (AvgIpc) is 2.93. The van der Waals surface area contributed by atoms with Crippen molar-refractivity contribution in [1.29, 1.82) is 0 Å². The van der Waals surface area contributed by atoms with Crippen LogP contribution in [0, 0.1) is 0 Å². The minimum atomic E-state index is -4.53. The van der Waals surface area contributed by atoms with Crippen molar-refractivity contribution in [3.05, 3.63) is 66.4 Å². The Kier molecular flexibility index (Phi) is 10.8. The van der Waals surface area contributed by atoms with Gasteiger partial charge in [-0.1, -0.05) is 37.6 Å². The predicted octanol–water partition coefficient (Wildman–Crippen LogP) is 3.65. The summed E-state index contributed by atoms with van der Waals surface area (Å²) in [6, 6.07) is 14.4. The molecule has 1 aromatic heterocycles. The summed E-state index contributed by atoms with van der Waals surface area (Å²) < 4.78 is 45.4. The third-order valence-electron chi connectivity index (χ3n) is 5.86. The molecule has 0 saturated carbocycles. The van der Waals surface area contributed by atoms with Gasteiger partial charge in [0, 0.05) is 21.9 Å². The Bertz CT molecular complexity index is 1650. The molecule has 204 valence electrons. The van der Waals surface area contributed by atoms with Crippen molar-refractivity contribution in [2.45, 2.75) is 31.6 Å². The Morgan fingerprint density at radius 2 is 1.80 bits per heavy atom. The molecule has 3 aromatic carbocycles. The zero-order valence-corrected chi connectivity index (χ0v) is 25.3. The minimum absolute atomic E-state index is 0. The summed E-state index contributed by atoms with van der Waals surface area (Å²) in [5.74, 6) is 0.958. The van der Waals surface area contributed by atoms with Gasteiger partial charge >= 0.3 is 29.6 Å². The summed E-state index contributed by atoms with van der Waals surface area (Å²) in [6.07, 6.45) is 4.02. The fourth-order valence-electron chi connectivity index (χ4n) is 3.97. The molecule has 0 radical (unpaired) electrons. The number of hydrogen-bond acceptors (Lipinski definition) is 9. The van der Waals surface area contributed by atoms with Crippen molar-refractivity contribution < 1.29 is 58.2 Å². The molecule has 40 heavy (non-hydrogen) atoms. The number of fused-ring (bicyclic) bond motifs is 1. The summed E-state index contributed by atoms with van der Waals surface area (Å²) in [7, 11) is -4.53. The fraction of sp³-hybridized carbons (Fsp3) is 0.214. The van der Waals surface area contributed by atoms with Gasteiger partial charge in [-0.25, -0.2) is 0 Å². The maximum Gasteiger partial charge on any atom is 1.00 e. The Morgan fingerprint density at radius 3 is 2.42 bits per heavy atom. The molecule has 3 N–H and O–H groups in total. The van der Waals surface area contributed by atoms with Crippen molar-refractivity contribution in [2.75, 3.05) is 18.9 Å². The molecule has 0 aliphatic rings. The molecule has 0 unspecified atom stereocenters. The second-order valence-corrected chi connectivity index (χ2v) is 9.97. The summed E-state index contributed by atoms with van der Waals surface area (Å²) in [5.41, 5.74) is 8.44. The van der Waals surface area contributed by atoms with Crippen LogP contribution in [0.5, 0.6) is 11.5 Å². The summed E-state index contributed by atoms with van der Waals surface area (Å²) in [5, 5.41) is 8.99. The standard InChI is InChI=1S/C28H28N4O6S.Na.H/c1-3-5-12-38-28-22(13-18(17-33)14-25(28)37-4-2)23-11-10-19(16-30-23)31-32-24-15-26(39(34,35)36)20-8-6-7-9-21(20)27(24)29;;/h6-11,13-17H,3-5,12,29H2,1-2H3,(H,34,35,36);;/q;+1;-1. The van der Waals surface area contributed by atoms with Crippen LogP contribution in [-0.2, 0) is 10.1 Å². The van der Waals surface area contributed by atoms with E-state index < -0.39 is 10.1 Å². The number of aldehydes is 1. The largest absolute Gasteiger partial charge is 1.00 e. The van der Waals surface area contributed by atoms with E-state index in [1.807, 2.05) is 6.92 Å². The van der Waals surface area contributed by atoms with Crippen molar-refractivity contribution in [1.82, 2.24) is 4.98 Å². The van der Waals surface area contributed by atoms with E-state index in [1.165, 1.54) is 12.3 Å². The summed E-state index contributed by atoms with van der Waals surface area (Å²) in [6.45, 7) is 4.79. The number of hydrogen-bond donors (Lipinski definition) is 2. The number of benzene rings is 3. The second kappa shape index (κ2) is 13.8. The van der Waals surface area contributed by atoms with Crippen molar-refractivity contribution in [3.63, 3.8) is 0 Å². The maximum atomic E-state index is 12.0. The molecular formula is C28H29N4NaO6S. The molecule has 1 heterocycles. The van der Waals surface area contributed by atoms with Crippen LogP contribution in [0.25, 0.3) is 22.0 Å². The van der Waals surface area contributed by atoms with Crippen LogP contribution in [0.1, 0.15) is 38.5 Å². The van der Waals surface area contributed by atoms with E-state index in [2.05, 4.69) is 22.1 Å². The first-order valence-corrected chi connectivity index (χ1v) is 13.8. The number of aromatic nitrogens is 1. The second-order valence-electron chi connectivity index (χ2n) is 8.58. The molecule has 0 atom stereocenters. The topological polar surface area (TPSA) is 154 Å². The quantitative estimate of drug-likeness (QED) is 0.0690. The van der Waals surface area contributed by atoms with Crippen LogP contribution < -0.4 is 44.8 Å². The SMILES string of the molecule is CCCCOc1c(OCC)cc(C=O)cc1-c1ccc(N=Nc2cc(S(=O)(=O)O)c3ccccc3c2N)cn1.[H-].[Na+]. The fourth-order valence-corrected chi connectivity index (χ4v) is 4.69. The Morgan fingerprint density at radius 1 is 1.05 bits per heavy atom. The molecule has 12 heteroatoms. The average molecular weight is 573 g/mol. The first-order chi connectivity index (χ1) is 18.8. The van der Waals surface area contributed by atoms with Crippen LogP contribution in [0.3, 0.4) is 0 Å². The molecule has 4 rings (SSSR count). The van der Waals surface area contributed by atoms with Gasteiger partial charge in [0.05, 0.1) is 30.8 Å². The van der Waals surface area contributed by atoms with Crippen LogP contribution in [-0.4, -0.2) is 37.5 Å². The number of azo groups is 1. The van der Waals surface area contributed by atoms with E-state index in [0.717, 1.165) is 19.1 Å². The summed E-state index contributed by atoms with van der Waals surface area (Å²) in [4.78, 5) is 15.7. The number of anilines is 1. The van der Waals surface area contributed by atoms with E-state index >= 15 is 0 Å². The zero-order chi connectivity index (χ0) is 28.0. The molecule has 0 bridgehead atoms. The van der Waals surface area contributed by atoms with E-state index in [9.17, 15) is 17.8 Å². The molecule has 10 nitrogen and oxygen atoms in total. The number of nitrogens with two attached hydrogens (primary N) is 1. The molecular weight excluding hydrogens is 543 g/mol. The smallest absolute Gasteiger partial charge is 1.00 e. The van der Waals surface area contributed by atoms with Gasteiger partial charge in [0.25, 0.3) is 10.1 Å². The van der Waals surface area contributed by atoms with Gasteiger partial charge in [-0.3, -0.25) is 14.3 Å². The van der Waals surface area contributed by atoms with Gasteiger partial charge in [0.15, 0.2) is 11.5 Å². The molecule has 0 spiro atoms. The number of nitrogen functional groups attached to an aromatic ring is 1. The molecule has 0 aliphatic carbocycles. The van der Waals surface area contributed by atoms with E-state index in [-0.39, 0.29) is 52.6 Å². The van der Waals surface area contributed by atoms with Crippen LogP contribution >= 0.6 is 0 Å². The number of carbonyl (C=O) groups excluding carboxylic acids is 1. The maximum absolute atomic E-state index is 12.0. The Labute approximate surface area is 256 Å². The predicted molar refractivity (Wildman–Crippen MR) is 150 cm³/mol. The van der Waals surface area contributed by atoms with E-state index in [4.69, 9.17) is 15.2 Å². The van der Waals surface area contributed by atoms with E-state index in [1.54, 1.807) is 48.5 Å². The van der Waals surface area contributed by atoms with Crippen LogP contribution in [0.15, 0.2) is 75.9 Å². The summed E-state index contributed by atoms with van der Waals surface area (Å²) >= 11 is 0. The number of rotatable bonds is 11. The first-order valence-electron chi connectivity index (χ1n) is 12.3. The zero-order valence-electron chi connectivity index (χ0n) is 23.5. The third-order valence-corrected chi connectivity index (χ3v) is 6.75. The van der Waals surface area contributed by atoms with Gasteiger partial charge in [0.2, 0.25) is 0 Å². The van der Waals surface area contributed by atoms with Crippen molar-refractivity contribution in [2.24, 2.45) is 10.2 Å². The molecule has 0 saturated heterocycles. The number of pyridine rings is 1. The Hall–Kier alpha value is -3.35. The number of nitrogens with zero attached hydrogens (tertiary/aromatic N) is 3. The van der Waals surface area contributed by atoms with Gasteiger partial charge < -0.3 is 16.6 Å². The molecule has 0 fully saturated rings. The molecule has 0 aliphatic heterocycles. The minimum Gasteiger partial charge on any atom is -1.00 e. The van der Waals surface area contributed by atoms with E-state index in [0.29, 0.717) is 52.6 Å². The molecule has 0 amide bonds. The van der Waals surface area contributed by atoms with Gasteiger partial charge in [-0.2, -0.15) is 8.42 Å². The van der Waals surface area contributed by atoms with Gasteiger partial charge in [0.1, 0.15) is 22.6 Å². The first kappa shape index (κ1) is 31.2. The van der Waals surface area contributed by atoms with Crippen molar-refractivity contribution >= 4 is 44.2 Å². The van der Waals surface area contributed by atoms with Gasteiger partial charge in [-0.05, 0) is 43.7 Å². The molecule has 4 aromatic rings. The van der Waals surface area contributed by atoms with Crippen molar-refractivity contribution in [3.8, 4) is 22.8 Å². The monoisotopic (exact) mass is 572 g/mol. The Balaban J connectivity index is 0.00000294. The number of unbranched alkanes of at least 4 members (excludes halogenated alkanes) is 1. The number of ether oxygens (including phenoxy) is 2. The normalized spacial score (nSPS) is 11.4. The third kappa shape index (κ3) is 7.04. The van der Waals surface area contributed by atoms with Crippen LogP contribution in [0.2, 0.25) is 0 Å². The van der Waals surface area contributed by atoms with Crippen LogP contribution in [0.4, 0.5) is 17.1 Å².